The molecule has 4 nitrogen and oxygen atoms in total. The van der Waals surface area contributed by atoms with Crippen molar-refractivity contribution in [3.05, 3.63) is 0 Å². The van der Waals surface area contributed by atoms with E-state index in [1.807, 2.05) is 13.8 Å². The van der Waals surface area contributed by atoms with Gasteiger partial charge < -0.3 is 15.8 Å². The summed E-state index contributed by atoms with van der Waals surface area (Å²) in [5, 5.41) is 2.86. The molecule has 3 N–H and O–H groups in total. The first-order chi connectivity index (χ1) is 7.96. The fourth-order valence-electron chi connectivity index (χ4n) is 2.06. The van der Waals surface area contributed by atoms with Gasteiger partial charge in [0.05, 0.1) is 17.1 Å². The van der Waals surface area contributed by atoms with Gasteiger partial charge in [-0.05, 0) is 18.8 Å². The van der Waals surface area contributed by atoms with Gasteiger partial charge >= 0.3 is 6.09 Å². The van der Waals surface area contributed by atoms with Crippen LogP contribution in [-0.4, -0.2) is 23.2 Å². The molecule has 1 rings (SSSR count). The number of nitrogens with one attached hydrogen (secondary N) is 1. The van der Waals surface area contributed by atoms with Gasteiger partial charge in [0.2, 0.25) is 0 Å². The van der Waals surface area contributed by atoms with Crippen molar-refractivity contribution in [2.24, 2.45) is 11.7 Å². The van der Waals surface area contributed by atoms with Gasteiger partial charge in [-0.1, -0.05) is 45.3 Å². The molecule has 0 aliphatic heterocycles. The molecule has 0 bridgehead atoms. The number of carbonyl (C=O) groups is 1. The minimum Gasteiger partial charge on any atom is -0.449 e. The highest BCUT2D eigenvalue weighted by molar-refractivity contribution is 7.80. The SMILES string of the molecule is CC(C)COC(=O)NC1(C(N)=S)CCCCC1. The molecular weight excluding hydrogens is 236 g/mol. The molecule has 0 heterocycles. The molecular formula is C12H22N2O2S. The van der Waals surface area contributed by atoms with E-state index in [-0.39, 0.29) is 0 Å². The predicted molar refractivity (Wildman–Crippen MR) is 71.9 cm³/mol. The van der Waals surface area contributed by atoms with Gasteiger partial charge in [0.1, 0.15) is 0 Å². The van der Waals surface area contributed by atoms with Crippen LogP contribution in [0.5, 0.6) is 0 Å². The molecule has 1 aliphatic rings. The second-order valence-corrected chi connectivity index (χ2v) is 5.56. The molecule has 0 radical (unpaired) electrons. The maximum absolute atomic E-state index is 11.7. The molecule has 1 saturated carbocycles. The molecule has 0 unspecified atom stereocenters. The maximum atomic E-state index is 11.7. The van der Waals surface area contributed by atoms with Crippen molar-refractivity contribution in [2.45, 2.75) is 51.5 Å². The van der Waals surface area contributed by atoms with Gasteiger partial charge in [-0.3, -0.25) is 0 Å². The molecule has 0 saturated heterocycles. The van der Waals surface area contributed by atoms with Crippen molar-refractivity contribution in [3.63, 3.8) is 0 Å². The molecule has 1 fully saturated rings. The van der Waals surface area contributed by atoms with Crippen LogP contribution in [0.15, 0.2) is 0 Å². The Bertz CT molecular complexity index is 286. The number of rotatable bonds is 4. The zero-order valence-electron chi connectivity index (χ0n) is 10.6. The Labute approximate surface area is 108 Å². The van der Waals surface area contributed by atoms with Crippen LogP contribution in [0.3, 0.4) is 0 Å². The largest absolute Gasteiger partial charge is 0.449 e. The molecule has 0 atom stereocenters. The number of alkyl carbamates (subject to hydrolysis) is 1. The second kappa shape index (κ2) is 6.19. The Morgan fingerprint density at radius 1 is 1.41 bits per heavy atom. The highest BCUT2D eigenvalue weighted by Gasteiger charge is 2.36. The lowest BCUT2D eigenvalue weighted by Gasteiger charge is -2.36. The summed E-state index contributed by atoms with van der Waals surface area (Å²) in [6, 6.07) is 0. The average molecular weight is 258 g/mol. The van der Waals surface area contributed by atoms with Crippen LogP contribution in [-0.2, 0) is 4.74 Å². The van der Waals surface area contributed by atoms with Crippen molar-refractivity contribution >= 4 is 23.3 Å². The van der Waals surface area contributed by atoms with Gasteiger partial charge in [0, 0.05) is 0 Å². The van der Waals surface area contributed by atoms with Crippen molar-refractivity contribution in [3.8, 4) is 0 Å². The summed E-state index contributed by atoms with van der Waals surface area (Å²) < 4.78 is 5.12. The zero-order chi connectivity index (χ0) is 12.9. The Kier molecular flexibility index (Phi) is 5.18. The Morgan fingerprint density at radius 3 is 2.47 bits per heavy atom. The second-order valence-electron chi connectivity index (χ2n) is 5.12. The molecule has 0 aromatic heterocycles. The highest BCUT2D eigenvalue weighted by Crippen LogP contribution is 2.28. The van der Waals surface area contributed by atoms with Crippen molar-refractivity contribution in [1.29, 1.82) is 0 Å². The Balaban J connectivity index is 2.54. The van der Waals surface area contributed by atoms with Crippen LogP contribution in [0.25, 0.3) is 0 Å². The lowest BCUT2D eigenvalue weighted by molar-refractivity contribution is 0.122. The summed E-state index contributed by atoms with van der Waals surface area (Å²) in [7, 11) is 0. The first-order valence-electron chi connectivity index (χ1n) is 6.21. The third-order valence-corrected chi connectivity index (χ3v) is 3.46. The predicted octanol–water partition coefficient (Wildman–Crippen LogP) is 2.36. The van der Waals surface area contributed by atoms with E-state index in [0.29, 0.717) is 17.5 Å². The molecule has 1 amide bonds. The number of hydrogen-bond acceptors (Lipinski definition) is 3. The van der Waals surface area contributed by atoms with Crippen molar-refractivity contribution in [1.82, 2.24) is 5.32 Å². The average Bonchev–Trinajstić information content (AvgIpc) is 2.27. The first-order valence-corrected chi connectivity index (χ1v) is 6.62. The van der Waals surface area contributed by atoms with Gasteiger partial charge in [-0.15, -0.1) is 0 Å². The fourth-order valence-corrected chi connectivity index (χ4v) is 2.32. The van der Waals surface area contributed by atoms with Crippen LogP contribution < -0.4 is 11.1 Å². The summed E-state index contributed by atoms with van der Waals surface area (Å²) in [6.07, 6.45) is 4.49. The van der Waals surface area contributed by atoms with E-state index >= 15 is 0 Å². The van der Waals surface area contributed by atoms with Crippen LogP contribution >= 0.6 is 12.2 Å². The van der Waals surface area contributed by atoms with Gasteiger partial charge in [0.25, 0.3) is 0 Å². The number of thiocarbonyl (C=S) groups is 1. The smallest absolute Gasteiger partial charge is 0.407 e. The van der Waals surface area contributed by atoms with E-state index in [4.69, 9.17) is 22.7 Å². The van der Waals surface area contributed by atoms with Gasteiger partial charge in [-0.2, -0.15) is 0 Å². The van der Waals surface area contributed by atoms with Gasteiger partial charge in [-0.25, -0.2) is 4.79 Å². The van der Waals surface area contributed by atoms with Crippen LogP contribution in [0.4, 0.5) is 4.79 Å². The van der Waals surface area contributed by atoms with Crippen molar-refractivity contribution in [2.75, 3.05) is 6.61 Å². The summed E-state index contributed by atoms with van der Waals surface area (Å²) >= 11 is 5.09. The zero-order valence-corrected chi connectivity index (χ0v) is 11.4. The van der Waals surface area contributed by atoms with E-state index in [1.54, 1.807) is 0 Å². The monoisotopic (exact) mass is 258 g/mol. The number of ether oxygens (including phenoxy) is 1. The minimum absolute atomic E-state index is 0.327. The highest BCUT2D eigenvalue weighted by atomic mass is 32.1. The molecule has 0 aromatic carbocycles. The summed E-state index contributed by atoms with van der Waals surface area (Å²) in [4.78, 5) is 12.1. The number of carbonyl (C=O) groups excluding carboxylic acids is 1. The molecule has 0 spiro atoms. The maximum Gasteiger partial charge on any atom is 0.407 e. The normalized spacial score (nSPS) is 18.8. The summed E-state index contributed by atoms with van der Waals surface area (Å²) in [6.45, 7) is 4.41. The van der Waals surface area contributed by atoms with E-state index < -0.39 is 11.6 Å². The van der Waals surface area contributed by atoms with E-state index in [1.165, 1.54) is 6.42 Å². The Hall–Kier alpha value is -0.840. The summed E-state index contributed by atoms with van der Waals surface area (Å²) in [5.74, 6) is 0.327. The Morgan fingerprint density at radius 2 is 2.00 bits per heavy atom. The molecule has 17 heavy (non-hydrogen) atoms. The third kappa shape index (κ3) is 4.15. The van der Waals surface area contributed by atoms with E-state index in [2.05, 4.69) is 5.32 Å². The standard InChI is InChI=1S/C12H22N2O2S/c1-9(2)8-16-11(15)14-12(10(13)17)6-4-3-5-7-12/h9H,3-8H2,1-2H3,(H2,13,17)(H,14,15). The quantitative estimate of drug-likeness (QED) is 0.760. The lowest BCUT2D eigenvalue weighted by atomic mass is 9.82. The van der Waals surface area contributed by atoms with Crippen LogP contribution in [0.2, 0.25) is 0 Å². The third-order valence-electron chi connectivity index (χ3n) is 3.07. The van der Waals surface area contributed by atoms with E-state index in [9.17, 15) is 4.79 Å². The van der Waals surface area contributed by atoms with Crippen molar-refractivity contribution < 1.29 is 9.53 Å². The molecule has 98 valence electrons. The number of amides is 1. The lowest BCUT2D eigenvalue weighted by Crippen LogP contribution is -2.57. The number of nitrogens with two attached hydrogens (primary N) is 1. The van der Waals surface area contributed by atoms with E-state index in [0.717, 1.165) is 25.7 Å². The topological polar surface area (TPSA) is 64.3 Å². The summed E-state index contributed by atoms with van der Waals surface area (Å²) in [5.41, 5.74) is 5.24. The van der Waals surface area contributed by atoms with Crippen LogP contribution in [0.1, 0.15) is 46.0 Å². The fraction of sp³-hybridized carbons (Fsp3) is 0.833. The minimum atomic E-state index is -0.526. The van der Waals surface area contributed by atoms with Gasteiger partial charge in [0.15, 0.2) is 0 Å². The number of hydrogen-bond donors (Lipinski definition) is 2. The molecule has 0 aromatic rings. The molecule has 5 heteroatoms. The molecule has 1 aliphatic carbocycles. The van der Waals surface area contributed by atoms with Crippen LogP contribution in [0, 0.1) is 5.92 Å². The first kappa shape index (κ1) is 14.2.